The fourth-order valence-electron chi connectivity index (χ4n) is 2.94. The second-order valence-electron chi connectivity index (χ2n) is 6.41. The van der Waals surface area contributed by atoms with E-state index in [4.69, 9.17) is 12.2 Å². The Balaban J connectivity index is 1.94. The molecule has 4 heteroatoms. The van der Waals surface area contributed by atoms with Crippen LogP contribution in [0.4, 0.5) is 0 Å². The van der Waals surface area contributed by atoms with Crippen LogP contribution in [0.2, 0.25) is 0 Å². The maximum atomic E-state index is 12.9. The molecular formula is C22H28N2OS. The quantitative estimate of drug-likeness (QED) is 0.494. The number of hydrogen-bond donors (Lipinski definition) is 2. The van der Waals surface area contributed by atoms with Gasteiger partial charge in [-0.3, -0.25) is 4.79 Å². The van der Waals surface area contributed by atoms with Crippen LogP contribution in [0.25, 0.3) is 0 Å². The zero-order chi connectivity index (χ0) is 18.6. The topological polar surface area (TPSA) is 41.1 Å². The van der Waals surface area contributed by atoms with E-state index in [0.29, 0.717) is 5.11 Å². The molecule has 0 spiro atoms. The summed E-state index contributed by atoms with van der Waals surface area (Å²) in [7, 11) is 0. The minimum Gasteiger partial charge on any atom is -0.362 e. The van der Waals surface area contributed by atoms with Crippen LogP contribution in [0.3, 0.4) is 0 Å². The number of nitrogens with one attached hydrogen (secondary N) is 2. The van der Waals surface area contributed by atoms with Crippen LogP contribution in [0.5, 0.6) is 0 Å². The maximum Gasteiger partial charge on any atom is 0.238 e. The highest BCUT2D eigenvalue weighted by Crippen LogP contribution is 2.24. The molecule has 26 heavy (non-hydrogen) atoms. The number of rotatable bonds is 9. The highest BCUT2D eigenvalue weighted by molar-refractivity contribution is 7.80. The molecule has 0 aliphatic heterocycles. The van der Waals surface area contributed by atoms with Gasteiger partial charge >= 0.3 is 0 Å². The lowest BCUT2D eigenvalue weighted by Crippen LogP contribution is -2.42. The molecule has 2 aromatic carbocycles. The Morgan fingerprint density at radius 2 is 1.42 bits per heavy atom. The molecule has 3 nitrogen and oxygen atoms in total. The van der Waals surface area contributed by atoms with Crippen molar-refractivity contribution in [3.05, 3.63) is 71.8 Å². The van der Waals surface area contributed by atoms with Crippen molar-refractivity contribution in [3.63, 3.8) is 0 Å². The predicted octanol–water partition coefficient (Wildman–Crippen LogP) is 4.78. The van der Waals surface area contributed by atoms with Crippen LogP contribution < -0.4 is 10.6 Å². The third kappa shape index (κ3) is 6.60. The second-order valence-corrected chi connectivity index (χ2v) is 6.82. The maximum absolute atomic E-state index is 12.9. The van der Waals surface area contributed by atoms with E-state index in [9.17, 15) is 4.79 Å². The molecule has 0 saturated heterocycles. The molecular weight excluding hydrogens is 340 g/mol. The van der Waals surface area contributed by atoms with E-state index in [1.807, 2.05) is 60.7 Å². The molecule has 0 bridgehead atoms. The van der Waals surface area contributed by atoms with Crippen LogP contribution in [0.15, 0.2) is 60.7 Å². The zero-order valence-electron chi connectivity index (χ0n) is 15.4. The summed E-state index contributed by atoms with van der Waals surface area (Å²) >= 11 is 5.31. The van der Waals surface area contributed by atoms with Gasteiger partial charge in [-0.2, -0.15) is 0 Å². The lowest BCUT2D eigenvalue weighted by atomic mass is 9.90. The summed E-state index contributed by atoms with van der Waals surface area (Å²) in [5, 5.41) is 6.41. The lowest BCUT2D eigenvalue weighted by molar-refractivity contribution is -0.120. The van der Waals surface area contributed by atoms with Crippen molar-refractivity contribution >= 4 is 23.2 Å². The van der Waals surface area contributed by atoms with Gasteiger partial charge in [-0.1, -0.05) is 93.3 Å². The van der Waals surface area contributed by atoms with Crippen LogP contribution in [-0.2, 0) is 4.79 Å². The van der Waals surface area contributed by atoms with Crippen LogP contribution in [0, 0.1) is 0 Å². The van der Waals surface area contributed by atoms with Crippen molar-refractivity contribution in [2.24, 2.45) is 0 Å². The molecule has 0 radical (unpaired) electrons. The van der Waals surface area contributed by atoms with Crippen molar-refractivity contribution in [2.45, 2.75) is 44.9 Å². The second kappa shape index (κ2) is 11.4. The van der Waals surface area contributed by atoms with E-state index in [1.54, 1.807) is 0 Å². The van der Waals surface area contributed by atoms with E-state index < -0.39 is 0 Å². The minimum atomic E-state index is -0.373. The van der Waals surface area contributed by atoms with Crippen LogP contribution in [-0.4, -0.2) is 17.6 Å². The van der Waals surface area contributed by atoms with Gasteiger partial charge in [0.15, 0.2) is 5.11 Å². The molecule has 1 amide bonds. The lowest BCUT2D eigenvalue weighted by Gasteiger charge is -2.18. The molecule has 2 rings (SSSR count). The number of carbonyl (C=O) groups is 1. The van der Waals surface area contributed by atoms with Gasteiger partial charge < -0.3 is 10.6 Å². The Labute approximate surface area is 162 Å². The first-order chi connectivity index (χ1) is 12.7. The molecule has 0 unspecified atom stereocenters. The fourth-order valence-corrected chi connectivity index (χ4v) is 3.15. The summed E-state index contributed by atoms with van der Waals surface area (Å²) in [5.74, 6) is -0.479. The highest BCUT2D eigenvalue weighted by Gasteiger charge is 2.23. The van der Waals surface area contributed by atoms with E-state index in [-0.39, 0.29) is 11.8 Å². The number of amides is 1. The van der Waals surface area contributed by atoms with Crippen molar-refractivity contribution in [2.75, 3.05) is 6.54 Å². The number of thiocarbonyl (C=S) groups is 1. The summed E-state index contributed by atoms with van der Waals surface area (Å²) in [5.41, 5.74) is 1.91. The minimum absolute atomic E-state index is 0.106. The van der Waals surface area contributed by atoms with E-state index >= 15 is 0 Å². The van der Waals surface area contributed by atoms with Crippen LogP contribution in [0.1, 0.15) is 56.1 Å². The van der Waals surface area contributed by atoms with Gasteiger partial charge in [0.1, 0.15) is 0 Å². The first kappa shape index (κ1) is 20.1. The zero-order valence-corrected chi connectivity index (χ0v) is 16.2. The van der Waals surface area contributed by atoms with Gasteiger partial charge in [-0.15, -0.1) is 0 Å². The summed E-state index contributed by atoms with van der Waals surface area (Å²) in [6.07, 6.45) is 6.02. The summed E-state index contributed by atoms with van der Waals surface area (Å²) in [6.45, 7) is 3.00. The summed E-state index contributed by atoms with van der Waals surface area (Å²) < 4.78 is 0. The Hall–Kier alpha value is -2.20. The fraction of sp³-hybridized carbons (Fsp3) is 0.364. The summed E-state index contributed by atoms with van der Waals surface area (Å²) in [4.78, 5) is 12.9. The molecule has 0 aromatic heterocycles. The molecule has 0 aliphatic carbocycles. The predicted molar refractivity (Wildman–Crippen MR) is 112 cm³/mol. The normalized spacial score (nSPS) is 10.5. The average molecular weight is 369 g/mol. The molecule has 0 heterocycles. The van der Waals surface area contributed by atoms with Gasteiger partial charge in [0.05, 0.1) is 5.92 Å². The van der Waals surface area contributed by atoms with Crippen molar-refractivity contribution in [3.8, 4) is 0 Å². The monoisotopic (exact) mass is 368 g/mol. The molecule has 138 valence electrons. The number of hydrogen-bond acceptors (Lipinski definition) is 2. The molecule has 0 saturated carbocycles. The Morgan fingerprint density at radius 1 is 0.885 bits per heavy atom. The highest BCUT2D eigenvalue weighted by atomic mass is 32.1. The first-order valence-corrected chi connectivity index (χ1v) is 9.81. The smallest absolute Gasteiger partial charge is 0.238 e. The first-order valence-electron chi connectivity index (χ1n) is 9.41. The molecule has 0 fully saturated rings. The van der Waals surface area contributed by atoms with Crippen molar-refractivity contribution < 1.29 is 4.79 Å². The number of benzene rings is 2. The molecule has 2 N–H and O–H groups in total. The van der Waals surface area contributed by atoms with Gasteiger partial charge in [-0.05, 0) is 29.8 Å². The van der Waals surface area contributed by atoms with Gasteiger partial charge in [-0.25, -0.2) is 0 Å². The molecule has 2 aromatic rings. The van der Waals surface area contributed by atoms with Crippen molar-refractivity contribution in [1.29, 1.82) is 0 Å². The van der Waals surface area contributed by atoms with Gasteiger partial charge in [0.2, 0.25) is 5.91 Å². The number of carbonyl (C=O) groups excluding carboxylic acids is 1. The molecule has 0 aliphatic rings. The van der Waals surface area contributed by atoms with Gasteiger partial charge in [0.25, 0.3) is 0 Å². The Bertz CT molecular complexity index is 634. The Kier molecular flexibility index (Phi) is 8.84. The molecule has 0 atom stereocenters. The largest absolute Gasteiger partial charge is 0.362 e. The van der Waals surface area contributed by atoms with Crippen LogP contribution >= 0.6 is 12.2 Å². The standard InChI is InChI=1S/C22H28N2OS/c1-2-3-4-5-12-17-23-22(26)24-21(25)20(18-13-8-6-9-14-18)19-15-10-7-11-16-19/h6-11,13-16,20H,2-5,12,17H2,1H3,(H2,23,24,25,26). The number of unbranched alkanes of at least 4 members (excludes halogenated alkanes) is 4. The van der Waals surface area contributed by atoms with E-state index in [1.165, 1.54) is 25.7 Å². The third-order valence-corrected chi connectivity index (χ3v) is 4.58. The summed E-state index contributed by atoms with van der Waals surface area (Å²) in [6, 6.07) is 19.6. The average Bonchev–Trinajstić information content (AvgIpc) is 2.66. The van der Waals surface area contributed by atoms with Crippen molar-refractivity contribution in [1.82, 2.24) is 10.6 Å². The van der Waals surface area contributed by atoms with Gasteiger partial charge in [0, 0.05) is 6.54 Å². The van der Waals surface area contributed by atoms with E-state index in [2.05, 4.69) is 17.6 Å². The third-order valence-electron chi connectivity index (χ3n) is 4.33. The Morgan fingerprint density at radius 3 is 1.96 bits per heavy atom. The SMILES string of the molecule is CCCCCCCNC(=S)NC(=O)C(c1ccccc1)c1ccccc1. The van der Waals surface area contributed by atoms with E-state index in [0.717, 1.165) is 24.1 Å².